The number of nitro benzene ring substituents is 1. The van der Waals surface area contributed by atoms with Gasteiger partial charge in [-0.05, 0) is 36.4 Å². The van der Waals surface area contributed by atoms with Crippen LogP contribution in [0.5, 0.6) is 11.5 Å². The Balaban J connectivity index is 1.89. The lowest BCUT2D eigenvalue weighted by Crippen LogP contribution is -2.30. The third kappa shape index (κ3) is 6.68. The highest BCUT2D eigenvalue weighted by Crippen LogP contribution is 2.49. The van der Waals surface area contributed by atoms with Crippen LogP contribution in [-0.2, 0) is 20.1 Å². The van der Waals surface area contributed by atoms with Crippen molar-refractivity contribution in [2.24, 2.45) is 0 Å². The van der Waals surface area contributed by atoms with E-state index in [0.717, 1.165) is 24.3 Å². The lowest BCUT2D eigenvalue weighted by Gasteiger charge is -2.21. The Morgan fingerprint density at radius 3 is 2.35 bits per heavy atom. The molecule has 0 bridgehead atoms. The zero-order valence-electron chi connectivity index (χ0n) is 19.6. The predicted octanol–water partition coefficient (Wildman–Crippen LogP) is 6.66. The SMILES string of the molecule is CCP(=O)(OCC(=O)N(C)c1ccccc1)c1cc(Oc2ccc(C(F)(F)F)cc2Cl)ccc1[N+](=O)[O-]. The summed E-state index contributed by atoms with van der Waals surface area (Å²) in [6.07, 6.45) is -4.79. The van der Waals surface area contributed by atoms with Gasteiger partial charge in [0, 0.05) is 31.0 Å². The van der Waals surface area contributed by atoms with E-state index in [9.17, 15) is 32.6 Å². The van der Waals surface area contributed by atoms with Gasteiger partial charge < -0.3 is 14.2 Å². The molecule has 13 heteroatoms. The summed E-state index contributed by atoms with van der Waals surface area (Å²) >= 11 is 5.93. The van der Waals surface area contributed by atoms with Crippen LogP contribution in [0.3, 0.4) is 0 Å². The number of alkyl halides is 3. The monoisotopic (exact) mass is 556 g/mol. The number of amides is 1. The Morgan fingerprint density at radius 1 is 1.11 bits per heavy atom. The van der Waals surface area contributed by atoms with E-state index >= 15 is 0 Å². The standard InChI is InChI=1S/C24H21ClF3N2O6P/c1-3-37(34,35-15-23(31)29(2)17-7-5-4-6-8-17)22-14-18(10-11-20(22)30(32)33)36-21-12-9-16(13-19(21)25)24(26,27)28/h4-14H,3,15H2,1-2H3. The van der Waals surface area contributed by atoms with Gasteiger partial charge in [0.25, 0.3) is 11.6 Å². The van der Waals surface area contributed by atoms with Crippen LogP contribution < -0.4 is 14.9 Å². The van der Waals surface area contributed by atoms with E-state index in [2.05, 4.69) is 0 Å². The predicted molar refractivity (Wildman–Crippen MR) is 133 cm³/mol. The normalized spacial score (nSPS) is 13.0. The number of hydrogen-bond donors (Lipinski definition) is 0. The van der Waals surface area contributed by atoms with Gasteiger partial charge >= 0.3 is 6.18 Å². The Kier molecular flexibility index (Phi) is 8.63. The fourth-order valence-electron chi connectivity index (χ4n) is 3.26. The molecule has 0 radical (unpaired) electrons. The topological polar surface area (TPSA) is 99.0 Å². The van der Waals surface area contributed by atoms with E-state index < -0.39 is 42.2 Å². The number of carbonyl (C=O) groups excluding carboxylic acids is 1. The van der Waals surface area contributed by atoms with E-state index in [0.29, 0.717) is 11.8 Å². The Bertz CT molecular complexity index is 1350. The molecule has 0 aliphatic heterocycles. The number of carbonyl (C=O) groups is 1. The van der Waals surface area contributed by atoms with Gasteiger partial charge in [-0.2, -0.15) is 13.2 Å². The average molecular weight is 557 g/mol. The highest BCUT2D eigenvalue weighted by atomic mass is 35.5. The van der Waals surface area contributed by atoms with Crippen molar-refractivity contribution >= 4 is 41.6 Å². The van der Waals surface area contributed by atoms with Gasteiger partial charge in [0.2, 0.25) is 7.37 Å². The Labute approximate surface area is 215 Å². The number of likely N-dealkylation sites (N-methyl/N-ethyl adjacent to an activating group) is 1. The van der Waals surface area contributed by atoms with Gasteiger partial charge in [-0.15, -0.1) is 0 Å². The van der Waals surface area contributed by atoms with Gasteiger partial charge in [-0.25, -0.2) is 0 Å². The van der Waals surface area contributed by atoms with Crippen LogP contribution in [-0.4, -0.2) is 30.6 Å². The molecule has 0 saturated carbocycles. The van der Waals surface area contributed by atoms with Crippen molar-refractivity contribution in [1.82, 2.24) is 0 Å². The maximum atomic E-state index is 13.7. The molecule has 3 aromatic carbocycles. The number of anilines is 1. The zero-order valence-corrected chi connectivity index (χ0v) is 21.2. The van der Waals surface area contributed by atoms with Crippen molar-refractivity contribution in [3.05, 3.63) is 87.4 Å². The van der Waals surface area contributed by atoms with E-state index in [-0.39, 0.29) is 28.0 Å². The summed E-state index contributed by atoms with van der Waals surface area (Å²) in [7, 11) is -2.45. The third-order valence-corrected chi connectivity index (χ3v) is 8.09. The molecule has 1 unspecified atom stereocenters. The van der Waals surface area contributed by atoms with Gasteiger partial charge in [0.05, 0.1) is 15.5 Å². The molecular weight excluding hydrogens is 536 g/mol. The van der Waals surface area contributed by atoms with Crippen LogP contribution in [0, 0.1) is 10.1 Å². The van der Waals surface area contributed by atoms with E-state index in [1.807, 2.05) is 0 Å². The molecule has 3 rings (SSSR count). The van der Waals surface area contributed by atoms with Gasteiger partial charge in [0.1, 0.15) is 23.4 Å². The van der Waals surface area contributed by atoms with Crippen LogP contribution in [0.4, 0.5) is 24.5 Å². The van der Waals surface area contributed by atoms with E-state index in [1.165, 1.54) is 24.9 Å². The van der Waals surface area contributed by atoms with Gasteiger partial charge in [-0.3, -0.25) is 19.5 Å². The fourth-order valence-corrected chi connectivity index (χ4v) is 5.29. The highest BCUT2D eigenvalue weighted by molar-refractivity contribution is 7.67. The molecule has 0 aliphatic rings. The van der Waals surface area contributed by atoms with Crippen molar-refractivity contribution in [2.75, 3.05) is 24.7 Å². The summed E-state index contributed by atoms with van der Waals surface area (Å²) in [5, 5.41) is 11.0. The number of benzene rings is 3. The molecule has 8 nitrogen and oxygen atoms in total. The van der Waals surface area contributed by atoms with Crippen LogP contribution >= 0.6 is 19.0 Å². The number of halogens is 4. The molecular formula is C24H21ClF3N2O6P. The minimum Gasteiger partial charge on any atom is -0.456 e. The number of hydrogen-bond acceptors (Lipinski definition) is 6. The first-order chi connectivity index (χ1) is 17.4. The molecule has 3 aromatic rings. The number of rotatable bonds is 9. The molecule has 0 aromatic heterocycles. The van der Waals surface area contributed by atoms with Crippen molar-refractivity contribution in [2.45, 2.75) is 13.1 Å². The summed E-state index contributed by atoms with van der Waals surface area (Å²) in [6.45, 7) is 0.861. The van der Waals surface area contributed by atoms with Crippen LogP contribution in [0.15, 0.2) is 66.7 Å². The minimum absolute atomic E-state index is 0.0766. The zero-order chi connectivity index (χ0) is 27.4. The van der Waals surface area contributed by atoms with Crippen LogP contribution in [0.25, 0.3) is 0 Å². The summed E-state index contributed by atoms with van der Waals surface area (Å²) in [6, 6.07) is 14.4. The molecule has 0 N–H and O–H groups in total. The molecule has 1 amide bonds. The third-order valence-electron chi connectivity index (χ3n) is 5.33. The van der Waals surface area contributed by atoms with Crippen LogP contribution in [0.1, 0.15) is 12.5 Å². The van der Waals surface area contributed by atoms with Crippen LogP contribution in [0.2, 0.25) is 5.02 Å². The molecule has 0 heterocycles. The second kappa shape index (κ2) is 11.3. The van der Waals surface area contributed by atoms with Gasteiger partial charge in [-0.1, -0.05) is 36.7 Å². The second-order valence-electron chi connectivity index (χ2n) is 7.70. The maximum absolute atomic E-state index is 13.7. The summed E-state index contributed by atoms with van der Waals surface area (Å²) in [5.74, 6) is -0.764. The van der Waals surface area contributed by atoms with Crippen molar-refractivity contribution in [3.63, 3.8) is 0 Å². The summed E-state index contributed by atoms with van der Waals surface area (Å²) in [4.78, 5) is 24.8. The highest BCUT2D eigenvalue weighted by Gasteiger charge is 2.34. The first-order valence-corrected chi connectivity index (χ1v) is 12.9. The molecule has 37 heavy (non-hydrogen) atoms. The van der Waals surface area contributed by atoms with E-state index in [1.54, 1.807) is 30.3 Å². The lowest BCUT2D eigenvalue weighted by molar-refractivity contribution is -0.383. The molecule has 1 atom stereocenters. The molecule has 0 fully saturated rings. The Hall–Kier alpha value is -3.40. The summed E-state index contributed by atoms with van der Waals surface area (Å²) < 4.78 is 63.5. The average Bonchev–Trinajstić information content (AvgIpc) is 2.87. The molecule has 0 saturated heterocycles. The molecule has 196 valence electrons. The molecule has 0 aliphatic carbocycles. The number of nitro groups is 1. The number of nitrogens with zero attached hydrogens (tertiary/aromatic N) is 2. The molecule has 0 spiro atoms. The minimum atomic E-state index is -4.61. The van der Waals surface area contributed by atoms with Gasteiger partial charge in [0.15, 0.2) is 0 Å². The largest absolute Gasteiger partial charge is 0.456 e. The number of ether oxygens (including phenoxy) is 1. The van der Waals surface area contributed by atoms with E-state index in [4.69, 9.17) is 20.9 Å². The summed E-state index contributed by atoms with van der Waals surface area (Å²) in [5.41, 5.74) is -0.944. The van der Waals surface area contributed by atoms with Crippen molar-refractivity contribution in [3.8, 4) is 11.5 Å². The quantitative estimate of drug-likeness (QED) is 0.166. The first kappa shape index (κ1) is 28.2. The van der Waals surface area contributed by atoms with Crippen molar-refractivity contribution < 1.29 is 36.7 Å². The maximum Gasteiger partial charge on any atom is 0.416 e. The second-order valence-corrected chi connectivity index (χ2v) is 10.8. The Morgan fingerprint density at radius 2 is 1.78 bits per heavy atom. The number of para-hydroxylation sites is 1. The lowest BCUT2D eigenvalue weighted by atomic mass is 10.2. The fraction of sp³-hybridized carbons (Fsp3) is 0.208. The first-order valence-electron chi connectivity index (χ1n) is 10.7. The smallest absolute Gasteiger partial charge is 0.416 e. The van der Waals surface area contributed by atoms with Crippen molar-refractivity contribution in [1.29, 1.82) is 0 Å².